The van der Waals surface area contributed by atoms with Gasteiger partial charge in [-0.25, -0.2) is 8.42 Å². The molecule has 2 saturated heterocycles. The number of sulfone groups is 1. The van der Waals surface area contributed by atoms with Crippen LogP contribution in [-0.4, -0.2) is 68.4 Å². The molecule has 2 heterocycles. The molecule has 39 heavy (non-hydrogen) atoms. The molecular formula is C27H35FN4O6S. The normalized spacial score (nSPS) is 26.5. The summed E-state index contributed by atoms with van der Waals surface area (Å²) >= 11 is 0. The van der Waals surface area contributed by atoms with Gasteiger partial charge in [-0.1, -0.05) is 36.8 Å². The van der Waals surface area contributed by atoms with Gasteiger partial charge in [-0.2, -0.15) is 4.39 Å². The first-order valence-electron chi connectivity index (χ1n) is 13.2. The van der Waals surface area contributed by atoms with E-state index in [1.54, 1.807) is 30.3 Å². The summed E-state index contributed by atoms with van der Waals surface area (Å²) in [7, 11) is -4.15. The third-order valence-electron chi connectivity index (χ3n) is 7.88. The van der Waals surface area contributed by atoms with E-state index in [-0.39, 0.29) is 24.2 Å². The van der Waals surface area contributed by atoms with Gasteiger partial charge in [0.05, 0.1) is 6.04 Å². The molecule has 3 fully saturated rings. The third kappa shape index (κ3) is 6.66. The number of nitrogens with one attached hydrogen (secondary N) is 3. The molecule has 212 valence electrons. The molecule has 4 rings (SSSR count). The van der Waals surface area contributed by atoms with Crippen LogP contribution in [0.25, 0.3) is 0 Å². The van der Waals surface area contributed by atoms with Crippen molar-refractivity contribution in [2.45, 2.75) is 57.2 Å². The molecule has 12 heteroatoms. The minimum Gasteiger partial charge on any atom is -0.356 e. The van der Waals surface area contributed by atoms with Crippen molar-refractivity contribution in [1.29, 1.82) is 0 Å². The summed E-state index contributed by atoms with van der Waals surface area (Å²) < 4.78 is 38.1. The van der Waals surface area contributed by atoms with E-state index in [9.17, 15) is 32.0 Å². The van der Waals surface area contributed by atoms with Crippen molar-refractivity contribution in [3.8, 4) is 0 Å². The van der Waals surface area contributed by atoms with Crippen LogP contribution in [0.2, 0.25) is 0 Å². The number of fused-ring (bicyclic) bond motifs is 1. The van der Waals surface area contributed by atoms with E-state index in [1.807, 2.05) is 0 Å². The van der Waals surface area contributed by atoms with Crippen molar-refractivity contribution < 1.29 is 32.0 Å². The van der Waals surface area contributed by atoms with Gasteiger partial charge < -0.3 is 20.9 Å². The first kappa shape index (κ1) is 28.7. The highest BCUT2D eigenvalue weighted by atomic mass is 32.2. The number of halogens is 1. The summed E-state index contributed by atoms with van der Waals surface area (Å²) in [6.07, 6.45) is 4.54. The van der Waals surface area contributed by atoms with Crippen molar-refractivity contribution in [2.24, 2.45) is 17.8 Å². The molecule has 2 aliphatic heterocycles. The van der Waals surface area contributed by atoms with Crippen LogP contribution < -0.4 is 16.0 Å². The molecule has 1 aromatic carbocycles. The van der Waals surface area contributed by atoms with Crippen LogP contribution in [0.3, 0.4) is 0 Å². The van der Waals surface area contributed by atoms with Crippen LogP contribution in [0.4, 0.5) is 4.39 Å². The first-order chi connectivity index (χ1) is 18.5. The van der Waals surface area contributed by atoms with Gasteiger partial charge in [-0.05, 0) is 49.2 Å². The SMILES string of the molecule is CC(=O)N[C@H](C(=O)N1C[C@@H]2CCC[C@@H]2[C@H]1C(=O)N[C@@H](/C=C(/F)S(C)(=O)=O)C[C@H]1CCNC1=O)c1ccccc1. The topological polar surface area (TPSA) is 142 Å². The van der Waals surface area contributed by atoms with Crippen LogP contribution >= 0.6 is 0 Å². The van der Waals surface area contributed by atoms with Gasteiger partial charge in [0.15, 0.2) is 0 Å². The van der Waals surface area contributed by atoms with E-state index in [1.165, 1.54) is 11.8 Å². The molecule has 1 saturated carbocycles. The summed E-state index contributed by atoms with van der Waals surface area (Å²) in [6, 6.07) is 5.83. The number of rotatable bonds is 9. The van der Waals surface area contributed by atoms with Gasteiger partial charge in [0, 0.05) is 32.2 Å². The Morgan fingerprint density at radius 1 is 1.15 bits per heavy atom. The maximum Gasteiger partial charge on any atom is 0.250 e. The lowest BCUT2D eigenvalue weighted by Crippen LogP contribution is -2.53. The lowest BCUT2D eigenvalue weighted by Gasteiger charge is -2.32. The minimum absolute atomic E-state index is 0.0216. The zero-order valence-electron chi connectivity index (χ0n) is 22.1. The van der Waals surface area contributed by atoms with Gasteiger partial charge in [0.1, 0.15) is 12.1 Å². The fourth-order valence-electron chi connectivity index (χ4n) is 6.07. The zero-order chi connectivity index (χ0) is 28.3. The van der Waals surface area contributed by atoms with Gasteiger partial charge in [-0.3, -0.25) is 19.2 Å². The molecule has 10 nitrogen and oxygen atoms in total. The monoisotopic (exact) mass is 562 g/mol. The van der Waals surface area contributed by atoms with Crippen LogP contribution in [0, 0.1) is 17.8 Å². The Balaban J connectivity index is 1.62. The van der Waals surface area contributed by atoms with E-state index < -0.39 is 56.8 Å². The van der Waals surface area contributed by atoms with E-state index in [4.69, 9.17) is 0 Å². The second kappa shape index (κ2) is 11.8. The molecule has 3 aliphatic rings. The Morgan fingerprint density at radius 2 is 1.87 bits per heavy atom. The predicted molar refractivity (Wildman–Crippen MR) is 141 cm³/mol. The fourth-order valence-corrected chi connectivity index (χ4v) is 6.48. The van der Waals surface area contributed by atoms with Crippen LogP contribution in [0.15, 0.2) is 41.6 Å². The average Bonchev–Trinajstić information content (AvgIpc) is 3.58. The molecule has 1 aromatic rings. The number of amides is 4. The fraction of sp³-hybridized carbons (Fsp3) is 0.556. The smallest absolute Gasteiger partial charge is 0.250 e. The zero-order valence-corrected chi connectivity index (χ0v) is 22.9. The Kier molecular flexibility index (Phi) is 8.73. The number of carbonyl (C=O) groups is 4. The highest BCUT2D eigenvalue weighted by molar-refractivity contribution is 7.94. The molecule has 3 N–H and O–H groups in total. The minimum atomic E-state index is -4.15. The molecule has 0 spiro atoms. The molecule has 0 bridgehead atoms. The summed E-state index contributed by atoms with van der Waals surface area (Å²) in [5.74, 6) is -2.13. The predicted octanol–water partition coefficient (Wildman–Crippen LogP) is 1.36. The van der Waals surface area contributed by atoms with Crippen molar-refractivity contribution in [2.75, 3.05) is 19.3 Å². The molecule has 4 amide bonds. The number of carbonyl (C=O) groups excluding carboxylic acids is 4. The molecule has 1 aliphatic carbocycles. The van der Waals surface area contributed by atoms with E-state index in [2.05, 4.69) is 16.0 Å². The van der Waals surface area contributed by atoms with E-state index in [0.29, 0.717) is 25.1 Å². The van der Waals surface area contributed by atoms with Gasteiger partial charge in [0.25, 0.3) is 5.91 Å². The van der Waals surface area contributed by atoms with Crippen LogP contribution in [0.5, 0.6) is 0 Å². The summed E-state index contributed by atoms with van der Waals surface area (Å²) in [6.45, 7) is 2.10. The Labute approximate surface area is 227 Å². The van der Waals surface area contributed by atoms with E-state index >= 15 is 0 Å². The molecule has 0 radical (unpaired) electrons. The lowest BCUT2D eigenvalue weighted by molar-refractivity contribution is -0.142. The molecular weight excluding hydrogens is 527 g/mol. The largest absolute Gasteiger partial charge is 0.356 e. The van der Waals surface area contributed by atoms with Gasteiger partial charge in [-0.15, -0.1) is 0 Å². The quantitative estimate of drug-likeness (QED) is 0.415. The van der Waals surface area contributed by atoms with Crippen molar-refractivity contribution in [3.63, 3.8) is 0 Å². The van der Waals surface area contributed by atoms with Gasteiger partial charge in [0.2, 0.25) is 32.7 Å². The molecule has 0 unspecified atom stereocenters. The molecule has 0 aromatic heterocycles. The number of nitrogens with zero attached hydrogens (tertiary/aromatic N) is 1. The van der Waals surface area contributed by atoms with Gasteiger partial charge >= 0.3 is 0 Å². The number of hydrogen-bond donors (Lipinski definition) is 3. The maximum atomic E-state index is 14.5. The van der Waals surface area contributed by atoms with Crippen molar-refractivity contribution >= 4 is 33.5 Å². The van der Waals surface area contributed by atoms with E-state index in [0.717, 1.165) is 31.6 Å². The Bertz CT molecular complexity index is 1250. The highest BCUT2D eigenvalue weighted by Gasteiger charge is 2.51. The maximum absolute atomic E-state index is 14.5. The summed E-state index contributed by atoms with van der Waals surface area (Å²) in [5, 5.41) is 6.75. The first-order valence-corrected chi connectivity index (χ1v) is 15.1. The highest BCUT2D eigenvalue weighted by Crippen LogP contribution is 2.43. The number of likely N-dealkylation sites (tertiary alicyclic amines) is 1. The van der Waals surface area contributed by atoms with Crippen molar-refractivity contribution in [1.82, 2.24) is 20.9 Å². The average molecular weight is 563 g/mol. The molecule has 6 atom stereocenters. The summed E-state index contributed by atoms with van der Waals surface area (Å²) in [4.78, 5) is 53.3. The lowest BCUT2D eigenvalue weighted by atomic mass is 9.92. The third-order valence-corrected chi connectivity index (χ3v) is 8.73. The van der Waals surface area contributed by atoms with Crippen LogP contribution in [0.1, 0.15) is 50.6 Å². The number of hydrogen-bond acceptors (Lipinski definition) is 6. The van der Waals surface area contributed by atoms with Crippen molar-refractivity contribution in [3.05, 3.63) is 47.1 Å². The number of benzene rings is 1. The Hall–Kier alpha value is -3.28. The standard InChI is InChI=1S/C27H35FN4O6S/c1-16(33)30-23(17-7-4-3-5-8-17)27(36)32-15-19-9-6-10-21(19)24(32)26(35)31-20(14-22(28)39(2,37)38)13-18-11-12-29-25(18)34/h3-5,7-8,14,18-21,23-24H,6,9-13,15H2,1-2H3,(H,29,34)(H,30,33)(H,31,35)/b22-14-/t18-,19+,20-,21+,23+,24+/m1/s1. The van der Waals surface area contributed by atoms with Crippen LogP contribution in [-0.2, 0) is 29.0 Å². The second-order valence-corrected chi connectivity index (χ2v) is 12.6. The Morgan fingerprint density at radius 3 is 2.49 bits per heavy atom. The summed E-state index contributed by atoms with van der Waals surface area (Å²) in [5.41, 5.74) is 0.581. The second-order valence-electron chi connectivity index (χ2n) is 10.7.